The van der Waals surface area contributed by atoms with Crippen LogP contribution in [0.5, 0.6) is 17.4 Å². The molecule has 0 unspecified atom stereocenters. The number of ether oxygens (including phenoxy) is 2. The molecule has 0 N–H and O–H groups in total. The van der Waals surface area contributed by atoms with E-state index in [9.17, 15) is 0 Å². The number of hydrogen-bond acceptors (Lipinski definition) is 6. The summed E-state index contributed by atoms with van der Waals surface area (Å²) in [5.41, 5.74) is 1.63. The average molecular weight is 325 g/mol. The predicted octanol–water partition coefficient (Wildman–Crippen LogP) is 4.29. The maximum absolute atomic E-state index is 8.99. The summed E-state index contributed by atoms with van der Waals surface area (Å²) in [6.45, 7) is 5.94. The largest absolute Gasteiger partial charge is 0.493 e. The quantitative estimate of drug-likeness (QED) is 0.718. The number of hydrogen-bond donors (Lipinski definition) is 0. The third kappa shape index (κ3) is 2.71. The Morgan fingerprint density at radius 1 is 1.13 bits per heavy atom. The number of aryl methyl sites for hydroxylation is 3. The number of aromatic nitrogens is 2. The highest BCUT2D eigenvalue weighted by atomic mass is 32.1. The molecule has 0 radical (unpaired) electrons. The van der Waals surface area contributed by atoms with E-state index in [1.807, 2.05) is 13.8 Å². The van der Waals surface area contributed by atoms with Gasteiger partial charge in [0.1, 0.15) is 10.7 Å². The van der Waals surface area contributed by atoms with Crippen LogP contribution in [0.2, 0.25) is 0 Å². The van der Waals surface area contributed by atoms with Crippen molar-refractivity contribution < 1.29 is 9.47 Å². The number of nitriles is 1. The van der Waals surface area contributed by atoms with E-state index >= 15 is 0 Å². The van der Waals surface area contributed by atoms with Gasteiger partial charge in [-0.1, -0.05) is 0 Å². The molecule has 5 nitrogen and oxygen atoms in total. The molecule has 2 aromatic heterocycles. The zero-order valence-electron chi connectivity index (χ0n) is 13.3. The Kier molecular flexibility index (Phi) is 3.89. The Morgan fingerprint density at radius 2 is 1.91 bits per heavy atom. The normalized spacial score (nSPS) is 10.6. The first-order valence-electron chi connectivity index (χ1n) is 7.03. The second-order valence-electron chi connectivity index (χ2n) is 5.12. The average Bonchev–Trinajstić information content (AvgIpc) is 2.82. The first-order chi connectivity index (χ1) is 11.0. The number of nitrogens with zero attached hydrogens (tertiary/aromatic N) is 3. The number of fused-ring (bicyclic) bond motifs is 1. The van der Waals surface area contributed by atoms with Crippen molar-refractivity contribution in [1.29, 1.82) is 5.26 Å². The van der Waals surface area contributed by atoms with Crippen LogP contribution in [0, 0.1) is 32.1 Å². The Balaban J connectivity index is 2.14. The Hall–Kier alpha value is -2.65. The van der Waals surface area contributed by atoms with Gasteiger partial charge in [-0.15, -0.1) is 11.3 Å². The summed E-state index contributed by atoms with van der Waals surface area (Å²) in [5.74, 6) is 2.19. The summed E-state index contributed by atoms with van der Waals surface area (Å²) in [6.07, 6.45) is 0. The van der Waals surface area contributed by atoms with Crippen LogP contribution in [-0.2, 0) is 0 Å². The number of methoxy groups -OCH3 is 1. The Bertz CT molecular complexity index is 941. The summed E-state index contributed by atoms with van der Waals surface area (Å²) in [4.78, 5) is 11.0. The predicted molar refractivity (Wildman–Crippen MR) is 89.4 cm³/mol. The Labute approximate surface area is 138 Å². The standard InChI is InChI=1S/C17H15N3O2S/c1-9-10(2)23-17-15(9)16(19-11(3)20-17)22-13-6-5-12(8-18)7-14(13)21-4/h5-7H,1-4H3. The molecule has 0 aliphatic heterocycles. The minimum atomic E-state index is 0.498. The molecular weight excluding hydrogens is 310 g/mol. The van der Waals surface area contributed by atoms with Crippen LogP contribution >= 0.6 is 11.3 Å². The van der Waals surface area contributed by atoms with E-state index in [2.05, 4.69) is 23.0 Å². The molecule has 0 amide bonds. The van der Waals surface area contributed by atoms with Crippen molar-refractivity contribution >= 4 is 21.6 Å². The highest BCUT2D eigenvalue weighted by Crippen LogP contribution is 2.38. The molecule has 3 rings (SSSR count). The third-order valence-electron chi connectivity index (χ3n) is 3.61. The van der Waals surface area contributed by atoms with E-state index in [-0.39, 0.29) is 0 Å². The lowest BCUT2D eigenvalue weighted by Crippen LogP contribution is -1.96. The summed E-state index contributed by atoms with van der Waals surface area (Å²) in [5, 5.41) is 9.91. The van der Waals surface area contributed by atoms with Gasteiger partial charge >= 0.3 is 0 Å². The van der Waals surface area contributed by atoms with Gasteiger partial charge in [-0.25, -0.2) is 4.98 Å². The zero-order chi connectivity index (χ0) is 16.6. The number of benzene rings is 1. The van der Waals surface area contributed by atoms with E-state index in [0.29, 0.717) is 28.8 Å². The van der Waals surface area contributed by atoms with E-state index in [1.165, 1.54) is 4.88 Å². The zero-order valence-corrected chi connectivity index (χ0v) is 14.1. The second-order valence-corrected chi connectivity index (χ2v) is 6.32. The van der Waals surface area contributed by atoms with E-state index in [0.717, 1.165) is 15.8 Å². The van der Waals surface area contributed by atoms with Crippen LogP contribution in [0.1, 0.15) is 21.8 Å². The number of thiophene rings is 1. The molecule has 2 heterocycles. The van der Waals surface area contributed by atoms with Gasteiger partial charge < -0.3 is 9.47 Å². The monoisotopic (exact) mass is 325 g/mol. The van der Waals surface area contributed by atoms with Gasteiger partial charge in [0.2, 0.25) is 5.88 Å². The van der Waals surface area contributed by atoms with Gasteiger partial charge in [0.05, 0.1) is 24.1 Å². The van der Waals surface area contributed by atoms with Crippen LogP contribution in [0.3, 0.4) is 0 Å². The first kappa shape index (κ1) is 15.3. The maximum atomic E-state index is 8.99. The lowest BCUT2D eigenvalue weighted by Gasteiger charge is -2.11. The van der Waals surface area contributed by atoms with E-state index in [1.54, 1.807) is 36.6 Å². The van der Waals surface area contributed by atoms with Crippen LogP contribution < -0.4 is 9.47 Å². The Morgan fingerprint density at radius 3 is 2.61 bits per heavy atom. The van der Waals surface area contributed by atoms with Crippen molar-refractivity contribution in [3.8, 4) is 23.4 Å². The van der Waals surface area contributed by atoms with E-state index in [4.69, 9.17) is 14.7 Å². The smallest absolute Gasteiger partial charge is 0.231 e. The minimum Gasteiger partial charge on any atom is -0.493 e. The summed E-state index contributed by atoms with van der Waals surface area (Å²) >= 11 is 1.63. The molecule has 0 aliphatic rings. The lowest BCUT2D eigenvalue weighted by atomic mass is 10.2. The van der Waals surface area contributed by atoms with Gasteiger partial charge in [0.25, 0.3) is 0 Å². The fourth-order valence-electron chi connectivity index (χ4n) is 2.31. The van der Waals surface area contributed by atoms with Gasteiger partial charge in [0.15, 0.2) is 11.5 Å². The molecule has 1 aromatic carbocycles. The molecule has 0 fully saturated rings. The minimum absolute atomic E-state index is 0.498. The fourth-order valence-corrected chi connectivity index (χ4v) is 3.38. The lowest BCUT2D eigenvalue weighted by molar-refractivity contribution is 0.375. The molecule has 0 bridgehead atoms. The molecule has 0 atom stereocenters. The maximum Gasteiger partial charge on any atom is 0.231 e. The van der Waals surface area contributed by atoms with Crippen LogP contribution in [0.15, 0.2) is 18.2 Å². The van der Waals surface area contributed by atoms with Gasteiger partial charge in [-0.2, -0.15) is 10.2 Å². The molecule has 23 heavy (non-hydrogen) atoms. The van der Waals surface area contributed by atoms with Crippen LogP contribution in [0.25, 0.3) is 10.2 Å². The molecule has 0 saturated carbocycles. The molecule has 0 spiro atoms. The first-order valence-corrected chi connectivity index (χ1v) is 7.85. The van der Waals surface area contributed by atoms with Gasteiger partial charge in [-0.3, -0.25) is 0 Å². The van der Waals surface area contributed by atoms with Crippen molar-refractivity contribution in [1.82, 2.24) is 9.97 Å². The number of rotatable bonds is 3. The molecular formula is C17H15N3O2S. The molecule has 0 aliphatic carbocycles. The topological polar surface area (TPSA) is 68.0 Å². The third-order valence-corrected chi connectivity index (χ3v) is 4.71. The van der Waals surface area contributed by atoms with Crippen molar-refractivity contribution in [2.45, 2.75) is 20.8 Å². The van der Waals surface area contributed by atoms with Crippen molar-refractivity contribution in [3.63, 3.8) is 0 Å². The molecule has 0 saturated heterocycles. The van der Waals surface area contributed by atoms with Crippen molar-refractivity contribution in [3.05, 3.63) is 40.0 Å². The molecule has 116 valence electrons. The second kappa shape index (κ2) is 5.86. The highest BCUT2D eigenvalue weighted by Gasteiger charge is 2.17. The molecule has 6 heteroatoms. The van der Waals surface area contributed by atoms with Crippen molar-refractivity contribution in [2.24, 2.45) is 0 Å². The fraction of sp³-hybridized carbons (Fsp3) is 0.235. The van der Waals surface area contributed by atoms with Gasteiger partial charge in [0, 0.05) is 10.9 Å². The highest BCUT2D eigenvalue weighted by molar-refractivity contribution is 7.18. The van der Waals surface area contributed by atoms with E-state index < -0.39 is 0 Å². The summed E-state index contributed by atoms with van der Waals surface area (Å²) in [6, 6.07) is 7.14. The van der Waals surface area contributed by atoms with Crippen molar-refractivity contribution in [2.75, 3.05) is 7.11 Å². The SMILES string of the molecule is COc1cc(C#N)ccc1Oc1nc(C)nc2sc(C)c(C)c12. The van der Waals surface area contributed by atoms with Gasteiger partial charge in [-0.05, 0) is 38.5 Å². The van der Waals surface area contributed by atoms with Crippen LogP contribution in [-0.4, -0.2) is 17.1 Å². The van der Waals surface area contributed by atoms with Crippen LogP contribution in [0.4, 0.5) is 0 Å². The molecule has 3 aromatic rings. The summed E-state index contributed by atoms with van der Waals surface area (Å²) in [7, 11) is 1.55. The summed E-state index contributed by atoms with van der Waals surface area (Å²) < 4.78 is 11.3.